The fraction of sp³-hybridized carbons (Fsp3) is 0.357. The molecule has 18 heavy (non-hydrogen) atoms. The molecule has 1 aromatic carbocycles. The minimum atomic E-state index is 0.306. The first-order valence-corrected chi connectivity index (χ1v) is 6.85. The van der Waals surface area contributed by atoms with Crippen LogP contribution in [0.5, 0.6) is 5.75 Å². The lowest BCUT2D eigenvalue weighted by molar-refractivity contribution is 0.414. The highest BCUT2D eigenvalue weighted by Crippen LogP contribution is 2.18. The van der Waals surface area contributed by atoms with Crippen LogP contribution in [0.25, 0.3) is 0 Å². The molecule has 1 atom stereocenters. The molecule has 0 spiro atoms. The highest BCUT2D eigenvalue weighted by molar-refractivity contribution is 7.09. The third kappa shape index (κ3) is 3.31. The highest BCUT2D eigenvalue weighted by atomic mass is 32.1. The monoisotopic (exact) mass is 262 g/mol. The second-order valence-electron chi connectivity index (χ2n) is 4.26. The van der Waals surface area contributed by atoms with Gasteiger partial charge >= 0.3 is 0 Å². The quantitative estimate of drug-likeness (QED) is 0.897. The molecule has 1 N–H and O–H groups in total. The Bertz CT molecular complexity index is 493. The Morgan fingerprint density at radius 2 is 2.06 bits per heavy atom. The lowest BCUT2D eigenvalue weighted by Crippen LogP contribution is -2.17. The van der Waals surface area contributed by atoms with Gasteiger partial charge in [-0.05, 0) is 31.5 Å². The predicted molar refractivity (Wildman–Crippen MR) is 75.1 cm³/mol. The number of aryl methyl sites for hydroxylation is 1. The first-order chi connectivity index (χ1) is 8.69. The molecule has 2 aromatic rings. The van der Waals surface area contributed by atoms with E-state index in [4.69, 9.17) is 4.74 Å². The molecule has 0 unspecified atom stereocenters. The fourth-order valence-electron chi connectivity index (χ4n) is 1.73. The predicted octanol–water partition coefficient (Wildman–Crippen LogP) is 3.31. The molecule has 1 aromatic heterocycles. The number of aromatic nitrogens is 1. The van der Waals surface area contributed by atoms with Crippen molar-refractivity contribution in [2.75, 3.05) is 7.11 Å². The summed E-state index contributed by atoms with van der Waals surface area (Å²) in [5.74, 6) is 0.890. The molecule has 0 bridgehead atoms. The zero-order valence-corrected chi connectivity index (χ0v) is 11.8. The number of hydrogen-bond acceptors (Lipinski definition) is 4. The van der Waals surface area contributed by atoms with Crippen molar-refractivity contribution in [2.45, 2.75) is 26.4 Å². The van der Waals surface area contributed by atoms with Gasteiger partial charge in [-0.1, -0.05) is 12.1 Å². The molecule has 96 valence electrons. The van der Waals surface area contributed by atoms with Crippen LogP contribution in [0.1, 0.15) is 29.2 Å². The number of nitrogens with zero attached hydrogens (tertiary/aromatic N) is 1. The van der Waals surface area contributed by atoms with Crippen molar-refractivity contribution in [3.05, 3.63) is 45.9 Å². The molecule has 0 radical (unpaired) electrons. The van der Waals surface area contributed by atoms with Crippen molar-refractivity contribution in [1.29, 1.82) is 0 Å². The van der Waals surface area contributed by atoms with Crippen molar-refractivity contribution in [3.8, 4) is 5.75 Å². The normalized spacial score (nSPS) is 12.4. The van der Waals surface area contributed by atoms with E-state index in [2.05, 4.69) is 34.7 Å². The molecular formula is C14H18N2OS. The van der Waals surface area contributed by atoms with Crippen LogP contribution in [0.4, 0.5) is 0 Å². The van der Waals surface area contributed by atoms with Crippen molar-refractivity contribution in [2.24, 2.45) is 0 Å². The Morgan fingerprint density at radius 3 is 2.61 bits per heavy atom. The smallest absolute Gasteiger partial charge is 0.118 e. The Kier molecular flexibility index (Phi) is 4.33. The fourth-order valence-corrected chi connectivity index (χ4v) is 2.46. The molecule has 2 rings (SSSR count). The summed E-state index contributed by atoms with van der Waals surface area (Å²) in [5, 5.41) is 6.68. The van der Waals surface area contributed by atoms with Crippen molar-refractivity contribution in [1.82, 2.24) is 10.3 Å². The Hall–Kier alpha value is -1.39. The van der Waals surface area contributed by atoms with Crippen LogP contribution in [-0.2, 0) is 6.54 Å². The van der Waals surface area contributed by atoms with Gasteiger partial charge in [-0.25, -0.2) is 4.98 Å². The van der Waals surface area contributed by atoms with Crippen LogP contribution in [0.15, 0.2) is 29.6 Å². The minimum absolute atomic E-state index is 0.306. The van der Waals surface area contributed by atoms with Gasteiger partial charge in [0.05, 0.1) is 7.11 Å². The van der Waals surface area contributed by atoms with Gasteiger partial charge in [0.15, 0.2) is 0 Å². The van der Waals surface area contributed by atoms with Crippen LogP contribution in [0.3, 0.4) is 0 Å². The van der Waals surface area contributed by atoms with Gasteiger partial charge in [0.25, 0.3) is 0 Å². The van der Waals surface area contributed by atoms with Crippen molar-refractivity contribution < 1.29 is 4.74 Å². The van der Waals surface area contributed by atoms with Crippen LogP contribution in [0.2, 0.25) is 0 Å². The molecule has 0 fully saturated rings. The Morgan fingerprint density at radius 1 is 1.33 bits per heavy atom. The molecule has 1 heterocycles. The van der Waals surface area contributed by atoms with E-state index < -0.39 is 0 Å². The van der Waals surface area contributed by atoms with E-state index in [1.807, 2.05) is 19.1 Å². The van der Waals surface area contributed by atoms with Gasteiger partial charge in [0.2, 0.25) is 0 Å². The summed E-state index contributed by atoms with van der Waals surface area (Å²) in [6.07, 6.45) is 0. The summed E-state index contributed by atoms with van der Waals surface area (Å²) in [6.45, 7) is 4.99. The average Bonchev–Trinajstić information content (AvgIpc) is 2.82. The van der Waals surface area contributed by atoms with E-state index in [0.717, 1.165) is 23.0 Å². The van der Waals surface area contributed by atoms with Gasteiger partial charge in [0, 0.05) is 23.7 Å². The average molecular weight is 262 g/mol. The maximum atomic E-state index is 5.15. The third-order valence-corrected chi connectivity index (χ3v) is 3.81. The zero-order chi connectivity index (χ0) is 13.0. The second kappa shape index (κ2) is 5.98. The molecule has 0 saturated carbocycles. The number of rotatable bonds is 5. The standard InChI is InChI=1S/C14H18N2OS/c1-10-9-18-14(16-10)8-15-11(2)12-4-6-13(17-3)7-5-12/h4-7,9,11,15H,8H2,1-3H3/t11-/m1/s1. The maximum Gasteiger partial charge on any atom is 0.118 e. The van der Waals surface area contributed by atoms with E-state index in [9.17, 15) is 0 Å². The van der Waals surface area contributed by atoms with Gasteiger partial charge in [0.1, 0.15) is 10.8 Å². The molecule has 0 saturated heterocycles. The molecule has 0 amide bonds. The highest BCUT2D eigenvalue weighted by Gasteiger charge is 2.06. The van der Waals surface area contributed by atoms with E-state index in [1.54, 1.807) is 18.4 Å². The van der Waals surface area contributed by atoms with E-state index >= 15 is 0 Å². The molecule has 0 aliphatic carbocycles. The summed E-state index contributed by atoms with van der Waals surface area (Å²) in [4.78, 5) is 4.44. The van der Waals surface area contributed by atoms with Gasteiger partial charge in [-0.15, -0.1) is 11.3 Å². The van der Waals surface area contributed by atoms with Crippen LogP contribution in [0, 0.1) is 6.92 Å². The SMILES string of the molecule is COc1ccc([C@@H](C)NCc2nc(C)cs2)cc1. The first-order valence-electron chi connectivity index (χ1n) is 5.97. The van der Waals surface area contributed by atoms with Crippen LogP contribution < -0.4 is 10.1 Å². The molecular weight excluding hydrogens is 244 g/mol. The molecule has 3 nitrogen and oxygen atoms in total. The summed E-state index contributed by atoms with van der Waals surface area (Å²) in [7, 11) is 1.68. The van der Waals surface area contributed by atoms with Crippen molar-refractivity contribution in [3.63, 3.8) is 0 Å². The van der Waals surface area contributed by atoms with E-state index in [-0.39, 0.29) is 0 Å². The number of ether oxygens (including phenoxy) is 1. The molecule has 0 aliphatic heterocycles. The summed E-state index contributed by atoms with van der Waals surface area (Å²) >= 11 is 1.70. The lowest BCUT2D eigenvalue weighted by atomic mass is 10.1. The van der Waals surface area contributed by atoms with E-state index in [0.29, 0.717) is 6.04 Å². The Balaban J connectivity index is 1.92. The van der Waals surface area contributed by atoms with Crippen LogP contribution in [-0.4, -0.2) is 12.1 Å². The summed E-state index contributed by atoms with van der Waals surface area (Å²) in [5.41, 5.74) is 2.35. The number of thiazole rings is 1. The largest absolute Gasteiger partial charge is 0.497 e. The Labute approximate surface area is 112 Å². The first kappa shape index (κ1) is 13.1. The number of hydrogen-bond donors (Lipinski definition) is 1. The summed E-state index contributed by atoms with van der Waals surface area (Å²) < 4.78 is 5.15. The number of nitrogens with one attached hydrogen (secondary N) is 1. The second-order valence-corrected chi connectivity index (χ2v) is 5.20. The third-order valence-electron chi connectivity index (χ3n) is 2.84. The number of benzene rings is 1. The lowest BCUT2D eigenvalue weighted by Gasteiger charge is -2.13. The topological polar surface area (TPSA) is 34.1 Å². The van der Waals surface area contributed by atoms with Gasteiger partial charge in [-0.3, -0.25) is 0 Å². The zero-order valence-electron chi connectivity index (χ0n) is 10.9. The van der Waals surface area contributed by atoms with E-state index in [1.165, 1.54) is 5.56 Å². The molecule has 0 aliphatic rings. The van der Waals surface area contributed by atoms with Gasteiger partial charge < -0.3 is 10.1 Å². The van der Waals surface area contributed by atoms with Crippen molar-refractivity contribution >= 4 is 11.3 Å². The summed E-state index contributed by atoms with van der Waals surface area (Å²) in [6, 6.07) is 8.45. The minimum Gasteiger partial charge on any atom is -0.497 e. The van der Waals surface area contributed by atoms with Gasteiger partial charge in [-0.2, -0.15) is 0 Å². The maximum absolute atomic E-state index is 5.15. The number of methoxy groups -OCH3 is 1. The molecule has 4 heteroatoms. The van der Waals surface area contributed by atoms with Crippen LogP contribution >= 0.6 is 11.3 Å².